The highest BCUT2D eigenvalue weighted by atomic mass is 16.2. The van der Waals surface area contributed by atoms with Crippen molar-refractivity contribution in [1.29, 1.82) is 0 Å². The minimum Gasteiger partial charge on any atom is -0.338 e. The Morgan fingerprint density at radius 2 is 1.52 bits per heavy atom. The van der Waals surface area contributed by atoms with E-state index in [1.807, 2.05) is 47.1 Å². The van der Waals surface area contributed by atoms with Gasteiger partial charge in [-0.05, 0) is 62.3 Å². The van der Waals surface area contributed by atoms with Crippen molar-refractivity contribution in [1.82, 2.24) is 4.90 Å². The molecule has 0 spiro atoms. The van der Waals surface area contributed by atoms with Gasteiger partial charge in [0.15, 0.2) is 0 Å². The molecule has 0 atom stereocenters. The number of hydrogen-bond acceptors (Lipinski definition) is 2. The SMILES string of the molecule is CCN(C(=O)C1CCC(C(=O)N2CCc3ccccc3C2)CC1)c1ccccc1. The molecule has 2 aromatic rings. The number of hydrogen-bond donors (Lipinski definition) is 0. The van der Waals surface area contributed by atoms with Gasteiger partial charge >= 0.3 is 0 Å². The van der Waals surface area contributed by atoms with Crippen LogP contribution in [0.15, 0.2) is 54.6 Å². The highest BCUT2D eigenvalue weighted by Crippen LogP contribution is 2.33. The second-order valence-corrected chi connectivity index (χ2v) is 8.25. The highest BCUT2D eigenvalue weighted by molar-refractivity contribution is 5.95. The molecule has 0 bridgehead atoms. The van der Waals surface area contributed by atoms with Crippen molar-refractivity contribution >= 4 is 17.5 Å². The van der Waals surface area contributed by atoms with Crippen molar-refractivity contribution in [3.05, 3.63) is 65.7 Å². The fourth-order valence-corrected chi connectivity index (χ4v) is 4.82. The van der Waals surface area contributed by atoms with Crippen molar-refractivity contribution < 1.29 is 9.59 Å². The van der Waals surface area contributed by atoms with E-state index in [1.54, 1.807) is 0 Å². The van der Waals surface area contributed by atoms with Crippen molar-refractivity contribution in [3.8, 4) is 0 Å². The summed E-state index contributed by atoms with van der Waals surface area (Å²) >= 11 is 0. The van der Waals surface area contributed by atoms with E-state index in [-0.39, 0.29) is 23.7 Å². The molecular formula is C25H30N2O2. The third-order valence-electron chi connectivity index (χ3n) is 6.52. The average molecular weight is 391 g/mol. The Balaban J connectivity index is 1.34. The first-order chi connectivity index (χ1) is 14.2. The lowest BCUT2D eigenvalue weighted by Gasteiger charge is -2.35. The predicted octanol–water partition coefficient (Wildman–Crippen LogP) is 4.43. The van der Waals surface area contributed by atoms with Gasteiger partial charge in [0.2, 0.25) is 11.8 Å². The molecule has 2 amide bonds. The molecule has 2 aliphatic rings. The Hall–Kier alpha value is -2.62. The summed E-state index contributed by atoms with van der Waals surface area (Å²) < 4.78 is 0. The lowest BCUT2D eigenvalue weighted by atomic mass is 9.80. The zero-order valence-corrected chi connectivity index (χ0v) is 17.2. The Kier molecular flexibility index (Phi) is 5.98. The number of para-hydroxylation sites is 1. The molecule has 0 N–H and O–H groups in total. The zero-order chi connectivity index (χ0) is 20.2. The first-order valence-electron chi connectivity index (χ1n) is 10.9. The van der Waals surface area contributed by atoms with E-state index in [2.05, 4.69) is 24.3 Å². The van der Waals surface area contributed by atoms with E-state index < -0.39 is 0 Å². The summed E-state index contributed by atoms with van der Waals surface area (Å²) in [4.78, 5) is 30.1. The third-order valence-corrected chi connectivity index (χ3v) is 6.52. The van der Waals surface area contributed by atoms with Gasteiger partial charge in [0.05, 0.1) is 0 Å². The Morgan fingerprint density at radius 1 is 0.897 bits per heavy atom. The van der Waals surface area contributed by atoms with Gasteiger partial charge in [-0.2, -0.15) is 0 Å². The first-order valence-corrected chi connectivity index (χ1v) is 10.9. The van der Waals surface area contributed by atoms with Crippen LogP contribution in [-0.4, -0.2) is 29.8 Å². The molecule has 1 heterocycles. The van der Waals surface area contributed by atoms with E-state index >= 15 is 0 Å². The van der Waals surface area contributed by atoms with Crippen LogP contribution in [0.3, 0.4) is 0 Å². The van der Waals surface area contributed by atoms with Crippen LogP contribution in [-0.2, 0) is 22.6 Å². The molecule has 4 heteroatoms. The molecule has 0 unspecified atom stereocenters. The summed E-state index contributed by atoms with van der Waals surface area (Å²) in [5, 5.41) is 0. The maximum absolute atomic E-state index is 13.1. The maximum atomic E-state index is 13.1. The van der Waals surface area contributed by atoms with Crippen LogP contribution in [0.4, 0.5) is 5.69 Å². The van der Waals surface area contributed by atoms with Crippen LogP contribution in [0.2, 0.25) is 0 Å². The van der Waals surface area contributed by atoms with Crippen LogP contribution >= 0.6 is 0 Å². The lowest BCUT2D eigenvalue weighted by molar-refractivity contribution is -0.139. The van der Waals surface area contributed by atoms with Gasteiger partial charge in [0.25, 0.3) is 0 Å². The van der Waals surface area contributed by atoms with Crippen molar-refractivity contribution in [2.75, 3.05) is 18.0 Å². The zero-order valence-electron chi connectivity index (χ0n) is 17.2. The van der Waals surface area contributed by atoms with E-state index in [0.29, 0.717) is 6.54 Å². The van der Waals surface area contributed by atoms with Gasteiger partial charge in [-0.25, -0.2) is 0 Å². The van der Waals surface area contributed by atoms with Crippen LogP contribution in [0.1, 0.15) is 43.7 Å². The van der Waals surface area contributed by atoms with Crippen LogP contribution in [0, 0.1) is 11.8 Å². The molecule has 4 rings (SSSR count). The quantitative estimate of drug-likeness (QED) is 0.775. The lowest BCUT2D eigenvalue weighted by Crippen LogP contribution is -2.42. The van der Waals surface area contributed by atoms with Gasteiger partial charge in [0.1, 0.15) is 0 Å². The Bertz CT molecular complexity index is 856. The van der Waals surface area contributed by atoms with E-state index in [9.17, 15) is 9.59 Å². The smallest absolute Gasteiger partial charge is 0.230 e. The summed E-state index contributed by atoms with van der Waals surface area (Å²) in [5.41, 5.74) is 3.61. The molecule has 0 radical (unpaired) electrons. The molecule has 1 fully saturated rings. The molecule has 0 aromatic heterocycles. The largest absolute Gasteiger partial charge is 0.338 e. The first kappa shape index (κ1) is 19.7. The summed E-state index contributed by atoms with van der Waals surface area (Å²) in [6.45, 7) is 4.24. The second kappa shape index (κ2) is 8.81. The molecule has 1 aliphatic carbocycles. The summed E-state index contributed by atoms with van der Waals surface area (Å²) in [6, 6.07) is 18.3. The van der Waals surface area contributed by atoms with Gasteiger partial charge in [-0.15, -0.1) is 0 Å². The fraction of sp³-hybridized carbons (Fsp3) is 0.440. The number of rotatable bonds is 4. The molecule has 0 saturated heterocycles. The summed E-state index contributed by atoms with van der Waals surface area (Å²) in [5.74, 6) is 0.578. The summed E-state index contributed by atoms with van der Waals surface area (Å²) in [7, 11) is 0. The van der Waals surface area contributed by atoms with Crippen LogP contribution < -0.4 is 4.90 Å². The Morgan fingerprint density at radius 3 is 2.21 bits per heavy atom. The number of benzene rings is 2. The van der Waals surface area contributed by atoms with Crippen molar-refractivity contribution in [2.45, 2.75) is 45.6 Å². The number of fused-ring (bicyclic) bond motifs is 1. The normalized spacial score (nSPS) is 21.3. The minimum atomic E-state index is 0.0290. The number of carbonyl (C=O) groups is 2. The van der Waals surface area contributed by atoms with Gasteiger partial charge in [-0.3, -0.25) is 9.59 Å². The molecule has 1 saturated carbocycles. The number of nitrogens with zero attached hydrogens (tertiary/aromatic N) is 2. The summed E-state index contributed by atoms with van der Waals surface area (Å²) in [6.07, 6.45) is 4.20. The third kappa shape index (κ3) is 4.21. The van der Waals surface area contributed by atoms with E-state index in [1.165, 1.54) is 11.1 Å². The number of amides is 2. The molecule has 29 heavy (non-hydrogen) atoms. The monoisotopic (exact) mass is 390 g/mol. The van der Waals surface area contributed by atoms with Gasteiger partial charge < -0.3 is 9.80 Å². The maximum Gasteiger partial charge on any atom is 0.230 e. The molecular weight excluding hydrogens is 360 g/mol. The van der Waals surface area contributed by atoms with E-state index in [0.717, 1.165) is 50.9 Å². The van der Waals surface area contributed by atoms with Gasteiger partial charge in [-0.1, -0.05) is 42.5 Å². The standard InChI is InChI=1S/C25H30N2O2/c1-2-27(23-10-4-3-5-11-23)25(29)21-14-12-20(13-15-21)24(28)26-17-16-19-8-6-7-9-22(19)18-26/h3-11,20-21H,2,12-18H2,1H3. The minimum absolute atomic E-state index is 0.0290. The number of carbonyl (C=O) groups excluding carboxylic acids is 2. The predicted molar refractivity (Wildman–Crippen MR) is 115 cm³/mol. The molecule has 2 aromatic carbocycles. The van der Waals surface area contributed by atoms with Crippen LogP contribution in [0.25, 0.3) is 0 Å². The van der Waals surface area contributed by atoms with E-state index in [4.69, 9.17) is 0 Å². The van der Waals surface area contributed by atoms with Crippen LogP contribution in [0.5, 0.6) is 0 Å². The topological polar surface area (TPSA) is 40.6 Å². The molecule has 152 valence electrons. The molecule has 4 nitrogen and oxygen atoms in total. The Labute approximate surface area is 173 Å². The highest BCUT2D eigenvalue weighted by Gasteiger charge is 2.34. The average Bonchev–Trinajstić information content (AvgIpc) is 2.79. The van der Waals surface area contributed by atoms with Gasteiger partial charge in [0, 0.05) is 37.2 Å². The number of anilines is 1. The molecule has 1 aliphatic heterocycles. The fourth-order valence-electron chi connectivity index (χ4n) is 4.82. The van der Waals surface area contributed by atoms with Crippen molar-refractivity contribution in [2.24, 2.45) is 11.8 Å². The van der Waals surface area contributed by atoms with Crippen molar-refractivity contribution in [3.63, 3.8) is 0 Å². The second-order valence-electron chi connectivity index (χ2n) is 8.25.